The number of hydrogen-bond donors (Lipinski definition) is 2. The molecule has 5 heteroatoms. The number of carbonyl (C=O) groups excluding carboxylic acids is 1. The fraction of sp³-hybridized carbons (Fsp3) is 0.533. The Morgan fingerprint density at radius 2 is 2.15 bits per heavy atom. The van der Waals surface area contributed by atoms with Gasteiger partial charge >= 0.3 is 0 Å². The number of nitrogens with two attached hydrogens (primary N) is 1. The number of hydrogen-bond acceptors (Lipinski definition) is 3. The highest BCUT2D eigenvalue weighted by molar-refractivity contribution is 6.30. The van der Waals surface area contributed by atoms with E-state index in [-0.39, 0.29) is 24.6 Å². The molecular weight excluding hydrogens is 276 g/mol. The average Bonchev–Trinajstić information content (AvgIpc) is 2.37. The van der Waals surface area contributed by atoms with E-state index in [2.05, 4.69) is 12.2 Å². The Labute approximate surface area is 125 Å². The van der Waals surface area contributed by atoms with Crippen molar-refractivity contribution in [3.63, 3.8) is 0 Å². The third-order valence-electron chi connectivity index (χ3n) is 2.95. The molecule has 0 radical (unpaired) electrons. The van der Waals surface area contributed by atoms with Crippen LogP contribution < -0.4 is 15.8 Å². The number of ether oxygens (including phenoxy) is 1. The molecule has 0 spiro atoms. The monoisotopic (exact) mass is 298 g/mol. The first-order chi connectivity index (χ1) is 9.43. The SMILES string of the molecule is CCCC(C)NC(=O)COc1ccc(Cl)cc1C(C)N. The van der Waals surface area contributed by atoms with E-state index in [9.17, 15) is 4.79 Å². The molecule has 1 rings (SSSR count). The maximum absolute atomic E-state index is 11.8. The Kier molecular flexibility index (Phi) is 6.82. The molecule has 0 aliphatic carbocycles. The minimum atomic E-state index is -0.203. The lowest BCUT2D eigenvalue weighted by molar-refractivity contribution is -0.123. The van der Waals surface area contributed by atoms with Crippen molar-refractivity contribution >= 4 is 17.5 Å². The molecule has 0 aromatic heterocycles. The van der Waals surface area contributed by atoms with Gasteiger partial charge in [-0.1, -0.05) is 24.9 Å². The van der Waals surface area contributed by atoms with Gasteiger partial charge in [-0.25, -0.2) is 0 Å². The Balaban J connectivity index is 2.59. The minimum absolute atomic E-state index is 0.0184. The van der Waals surface area contributed by atoms with Gasteiger partial charge in [-0.3, -0.25) is 4.79 Å². The maximum Gasteiger partial charge on any atom is 0.258 e. The summed E-state index contributed by atoms with van der Waals surface area (Å²) in [7, 11) is 0. The summed E-state index contributed by atoms with van der Waals surface area (Å²) in [6, 6.07) is 5.18. The zero-order valence-corrected chi connectivity index (χ0v) is 13.0. The summed E-state index contributed by atoms with van der Waals surface area (Å²) in [5.41, 5.74) is 6.67. The highest BCUT2D eigenvalue weighted by atomic mass is 35.5. The van der Waals surface area contributed by atoms with Gasteiger partial charge in [0, 0.05) is 22.7 Å². The van der Waals surface area contributed by atoms with Crippen LogP contribution in [0.2, 0.25) is 5.02 Å². The maximum atomic E-state index is 11.8. The van der Waals surface area contributed by atoms with E-state index in [0.717, 1.165) is 18.4 Å². The molecule has 0 bridgehead atoms. The van der Waals surface area contributed by atoms with Crippen molar-refractivity contribution in [2.75, 3.05) is 6.61 Å². The topological polar surface area (TPSA) is 64.3 Å². The third kappa shape index (κ3) is 5.39. The molecule has 0 aliphatic heterocycles. The van der Waals surface area contributed by atoms with Crippen LogP contribution in [0.4, 0.5) is 0 Å². The molecule has 0 aliphatic rings. The van der Waals surface area contributed by atoms with Crippen molar-refractivity contribution in [1.29, 1.82) is 0 Å². The van der Waals surface area contributed by atoms with Crippen LogP contribution >= 0.6 is 11.6 Å². The van der Waals surface area contributed by atoms with Gasteiger partial charge in [-0.15, -0.1) is 0 Å². The molecule has 112 valence electrons. The zero-order chi connectivity index (χ0) is 15.1. The lowest BCUT2D eigenvalue weighted by Crippen LogP contribution is -2.36. The summed E-state index contributed by atoms with van der Waals surface area (Å²) in [6.07, 6.45) is 1.99. The largest absolute Gasteiger partial charge is 0.483 e. The van der Waals surface area contributed by atoms with Crippen molar-refractivity contribution in [1.82, 2.24) is 5.32 Å². The number of halogens is 1. The summed E-state index contributed by atoms with van der Waals surface area (Å²) in [6.45, 7) is 5.90. The lowest BCUT2D eigenvalue weighted by atomic mass is 10.1. The Morgan fingerprint density at radius 3 is 2.75 bits per heavy atom. The fourth-order valence-electron chi connectivity index (χ4n) is 1.97. The Hall–Kier alpha value is -1.26. The third-order valence-corrected chi connectivity index (χ3v) is 3.19. The second-order valence-corrected chi connectivity index (χ2v) is 5.45. The lowest BCUT2D eigenvalue weighted by Gasteiger charge is -2.16. The molecule has 2 unspecified atom stereocenters. The quantitative estimate of drug-likeness (QED) is 0.813. The molecule has 0 saturated carbocycles. The normalized spacial score (nSPS) is 13.7. The zero-order valence-electron chi connectivity index (χ0n) is 12.3. The fourth-order valence-corrected chi connectivity index (χ4v) is 2.15. The number of nitrogens with one attached hydrogen (secondary N) is 1. The van der Waals surface area contributed by atoms with Crippen LogP contribution in [0.3, 0.4) is 0 Å². The Bertz CT molecular complexity index is 449. The number of carbonyl (C=O) groups is 1. The van der Waals surface area contributed by atoms with Crippen LogP contribution in [0.1, 0.15) is 45.2 Å². The van der Waals surface area contributed by atoms with Gasteiger partial charge in [0.15, 0.2) is 6.61 Å². The van der Waals surface area contributed by atoms with E-state index in [4.69, 9.17) is 22.1 Å². The molecule has 0 saturated heterocycles. The van der Waals surface area contributed by atoms with Gasteiger partial charge in [-0.2, -0.15) is 0 Å². The summed E-state index contributed by atoms with van der Waals surface area (Å²) in [5.74, 6) is 0.471. The highest BCUT2D eigenvalue weighted by Crippen LogP contribution is 2.27. The molecule has 20 heavy (non-hydrogen) atoms. The number of amides is 1. The van der Waals surface area contributed by atoms with E-state index in [1.807, 2.05) is 13.8 Å². The predicted octanol–water partition coefficient (Wildman–Crippen LogP) is 3.04. The molecule has 2 atom stereocenters. The van der Waals surface area contributed by atoms with Crippen molar-refractivity contribution in [3.8, 4) is 5.75 Å². The number of benzene rings is 1. The summed E-state index contributed by atoms with van der Waals surface area (Å²) >= 11 is 5.94. The van der Waals surface area contributed by atoms with Crippen LogP contribution in [0.15, 0.2) is 18.2 Å². The minimum Gasteiger partial charge on any atom is -0.483 e. The molecule has 1 aromatic rings. The first kappa shape index (κ1) is 16.8. The van der Waals surface area contributed by atoms with E-state index in [1.54, 1.807) is 18.2 Å². The molecule has 0 fully saturated rings. The van der Waals surface area contributed by atoms with E-state index in [0.29, 0.717) is 10.8 Å². The molecule has 0 heterocycles. The molecule has 3 N–H and O–H groups in total. The van der Waals surface area contributed by atoms with Crippen LogP contribution in [0.25, 0.3) is 0 Å². The summed E-state index contributed by atoms with van der Waals surface area (Å²) in [4.78, 5) is 11.8. The first-order valence-electron chi connectivity index (χ1n) is 6.91. The van der Waals surface area contributed by atoms with E-state index in [1.165, 1.54) is 0 Å². The summed E-state index contributed by atoms with van der Waals surface area (Å²) in [5, 5.41) is 3.49. The first-order valence-corrected chi connectivity index (χ1v) is 7.29. The predicted molar refractivity (Wildman–Crippen MR) is 82.1 cm³/mol. The van der Waals surface area contributed by atoms with Gasteiger partial charge in [-0.05, 0) is 38.5 Å². The standard InChI is InChI=1S/C15H23ClN2O2/c1-4-5-10(2)18-15(19)9-20-14-7-6-12(16)8-13(14)11(3)17/h6-8,10-11H,4-5,9,17H2,1-3H3,(H,18,19). The average molecular weight is 299 g/mol. The van der Waals surface area contributed by atoms with Crippen molar-refractivity contribution < 1.29 is 9.53 Å². The number of rotatable bonds is 7. The van der Waals surface area contributed by atoms with Crippen molar-refractivity contribution in [2.24, 2.45) is 5.73 Å². The van der Waals surface area contributed by atoms with E-state index >= 15 is 0 Å². The van der Waals surface area contributed by atoms with Crippen molar-refractivity contribution in [3.05, 3.63) is 28.8 Å². The van der Waals surface area contributed by atoms with Gasteiger partial charge < -0.3 is 15.8 Å². The smallest absolute Gasteiger partial charge is 0.258 e. The Morgan fingerprint density at radius 1 is 1.45 bits per heavy atom. The van der Waals surface area contributed by atoms with Gasteiger partial charge in [0.2, 0.25) is 0 Å². The van der Waals surface area contributed by atoms with Crippen LogP contribution in [-0.4, -0.2) is 18.6 Å². The molecule has 1 aromatic carbocycles. The van der Waals surface area contributed by atoms with Crippen LogP contribution in [0.5, 0.6) is 5.75 Å². The van der Waals surface area contributed by atoms with Crippen LogP contribution in [-0.2, 0) is 4.79 Å². The molecule has 4 nitrogen and oxygen atoms in total. The molecular formula is C15H23ClN2O2. The second-order valence-electron chi connectivity index (χ2n) is 5.02. The molecule has 1 amide bonds. The summed E-state index contributed by atoms with van der Waals surface area (Å²) < 4.78 is 5.54. The van der Waals surface area contributed by atoms with Gasteiger partial charge in [0.05, 0.1) is 0 Å². The van der Waals surface area contributed by atoms with Crippen molar-refractivity contribution in [2.45, 2.75) is 45.7 Å². The second kappa shape index (κ2) is 8.12. The van der Waals surface area contributed by atoms with Gasteiger partial charge in [0.25, 0.3) is 5.91 Å². The van der Waals surface area contributed by atoms with Gasteiger partial charge in [0.1, 0.15) is 5.75 Å². The highest BCUT2D eigenvalue weighted by Gasteiger charge is 2.12. The van der Waals surface area contributed by atoms with E-state index < -0.39 is 0 Å². The van der Waals surface area contributed by atoms with Crippen LogP contribution in [0, 0.1) is 0 Å².